The number of fused-ring (bicyclic) bond motifs is 1. The third-order valence-corrected chi connectivity index (χ3v) is 3.33. The van der Waals surface area contributed by atoms with E-state index in [2.05, 4.69) is 0 Å². The maximum absolute atomic E-state index is 12.3. The maximum Gasteiger partial charge on any atom is 0.347 e. The van der Waals surface area contributed by atoms with Crippen LogP contribution in [-0.2, 0) is 0 Å². The van der Waals surface area contributed by atoms with E-state index in [1.807, 2.05) is 36.4 Å². The lowest BCUT2D eigenvalue weighted by Gasteiger charge is -2.11. The first-order valence-corrected chi connectivity index (χ1v) is 6.49. The summed E-state index contributed by atoms with van der Waals surface area (Å²) in [6.07, 6.45) is 0. The summed E-state index contributed by atoms with van der Waals surface area (Å²) >= 11 is 0. The Hall–Kier alpha value is -2.75. The fraction of sp³-hybridized carbons (Fsp3) is 0.118. The van der Waals surface area contributed by atoms with E-state index in [9.17, 15) is 4.79 Å². The molecule has 3 aromatic rings. The Bertz CT molecular complexity index is 835. The second-order valence-electron chi connectivity index (χ2n) is 4.53. The van der Waals surface area contributed by atoms with E-state index < -0.39 is 5.63 Å². The summed E-state index contributed by atoms with van der Waals surface area (Å²) in [7, 11) is 3.11. The summed E-state index contributed by atoms with van der Waals surface area (Å²) in [5.74, 6) is 1.13. The largest absolute Gasteiger partial charge is 0.497 e. The van der Waals surface area contributed by atoms with Crippen LogP contribution in [0.15, 0.2) is 57.7 Å². The molecule has 0 aliphatic carbocycles. The van der Waals surface area contributed by atoms with Crippen LogP contribution in [0.3, 0.4) is 0 Å². The van der Waals surface area contributed by atoms with Crippen LogP contribution >= 0.6 is 0 Å². The van der Waals surface area contributed by atoms with Crippen molar-refractivity contribution in [1.82, 2.24) is 0 Å². The average Bonchev–Trinajstić information content (AvgIpc) is 2.53. The molecule has 0 aliphatic rings. The first-order chi connectivity index (χ1) is 10.2. The van der Waals surface area contributed by atoms with Gasteiger partial charge in [0, 0.05) is 6.07 Å². The van der Waals surface area contributed by atoms with Crippen molar-refractivity contribution in [2.45, 2.75) is 0 Å². The van der Waals surface area contributed by atoms with Gasteiger partial charge < -0.3 is 13.9 Å². The molecule has 1 aromatic heterocycles. The summed E-state index contributed by atoms with van der Waals surface area (Å²) < 4.78 is 16.0. The van der Waals surface area contributed by atoms with Crippen LogP contribution in [0, 0.1) is 0 Å². The van der Waals surface area contributed by atoms with Crippen LogP contribution in [0.2, 0.25) is 0 Å². The molecule has 0 saturated carbocycles. The Morgan fingerprint density at radius 3 is 2.38 bits per heavy atom. The van der Waals surface area contributed by atoms with Gasteiger partial charge in [0.15, 0.2) is 0 Å². The predicted octanol–water partition coefficient (Wildman–Crippen LogP) is 3.48. The number of hydrogen-bond acceptors (Lipinski definition) is 4. The second kappa shape index (κ2) is 5.32. The van der Waals surface area contributed by atoms with Gasteiger partial charge in [-0.2, -0.15) is 0 Å². The van der Waals surface area contributed by atoms with Crippen molar-refractivity contribution in [2.24, 2.45) is 0 Å². The van der Waals surface area contributed by atoms with Gasteiger partial charge in [0.2, 0.25) is 0 Å². The Labute approximate surface area is 121 Å². The minimum atomic E-state index is -0.432. The third-order valence-electron chi connectivity index (χ3n) is 3.33. The van der Waals surface area contributed by atoms with E-state index in [0.717, 1.165) is 10.9 Å². The van der Waals surface area contributed by atoms with Gasteiger partial charge in [0.05, 0.1) is 19.6 Å². The lowest BCUT2D eigenvalue weighted by Crippen LogP contribution is -2.06. The van der Waals surface area contributed by atoms with Crippen LogP contribution in [0.5, 0.6) is 11.5 Å². The Morgan fingerprint density at radius 2 is 1.71 bits per heavy atom. The van der Waals surface area contributed by atoms with E-state index in [4.69, 9.17) is 13.9 Å². The molecule has 0 aliphatic heterocycles. The molecule has 0 radical (unpaired) electrons. The van der Waals surface area contributed by atoms with Crippen LogP contribution in [0.4, 0.5) is 0 Å². The van der Waals surface area contributed by atoms with E-state index >= 15 is 0 Å². The topological polar surface area (TPSA) is 48.7 Å². The minimum Gasteiger partial charge on any atom is -0.497 e. The summed E-state index contributed by atoms with van der Waals surface area (Å²) in [4.78, 5) is 12.3. The van der Waals surface area contributed by atoms with Gasteiger partial charge in [-0.25, -0.2) is 4.79 Å². The zero-order valence-corrected chi connectivity index (χ0v) is 11.8. The predicted molar refractivity (Wildman–Crippen MR) is 81.0 cm³/mol. The summed E-state index contributed by atoms with van der Waals surface area (Å²) in [6, 6.07) is 14.6. The van der Waals surface area contributed by atoms with E-state index in [0.29, 0.717) is 22.6 Å². The molecule has 0 atom stereocenters. The molecule has 0 amide bonds. The van der Waals surface area contributed by atoms with Gasteiger partial charge in [-0.1, -0.05) is 30.3 Å². The van der Waals surface area contributed by atoms with Crippen molar-refractivity contribution in [3.8, 4) is 22.6 Å². The van der Waals surface area contributed by atoms with Crippen LogP contribution in [0.25, 0.3) is 22.1 Å². The molecular weight excluding hydrogens is 268 g/mol. The monoisotopic (exact) mass is 282 g/mol. The lowest BCUT2D eigenvalue weighted by molar-refractivity contribution is 0.410. The van der Waals surface area contributed by atoms with E-state index in [-0.39, 0.29) is 0 Å². The standard InChI is InChI=1S/C17H14O4/c1-19-12-8-9-13-14(10-12)21-17(18)15(16(13)20-2)11-6-4-3-5-7-11/h3-10H,1-2H3. The molecular formula is C17H14O4. The Kier molecular flexibility index (Phi) is 3.36. The first kappa shape index (κ1) is 13.2. The molecule has 0 saturated heterocycles. The highest BCUT2D eigenvalue weighted by Gasteiger charge is 2.17. The van der Waals surface area contributed by atoms with Gasteiger partial charge >= 0.3 is 5.63 Å². The molecule has 0 spiro atoms. The van der Waals surface area contributed by atoms with Gasteiger partial charge in [-0.15, -0.1) is 0 Å². The third kappa shape index (κ3) is 2.25. The van der Waals surface area contributed by atoms with E-state index in [1.165, 1.54) is 0 Å². The summed E-state index contributed by atoms with van der Waals surface area (Å²) in [5.41, 5.74) is 1.20. The van der Waals surface area contributed by atoms with Gasteiger partial charge in [-0.05, 0) is 17.7 Å². The number of methoxy groups -OCH3 is 2. The number of benzene rings is 2. The highest BCUT2D eigenvalue weighted by Crippen LogP contribution is 2.35. The van der Waals surface area contributed by atoms with Crippen LogP contribution in [-0.4, -0.2) is 14.2 Å². The van der Waals surface area contributed by atoms with Crippen molar-refractivity contribution in [3.05, 3.63) is 59.0 Å². The molecule has 0 fully saturated rings. The molecule has 0 unspecified atom stereocenters. The maximum atomic E-state index is 12.3. The van der Waals surface area contributed by atoms with Crippen LogP contribution in [0.1, 0.15) is 0 Å². The van der Waals surface area contributed by atoms with Crippen molar-refractivity contribution in [2.75, 3.05) is 14.2 Å². The summed E-state index contributed by atoms with van der Waals surface area (Å²) in [6.45, 7) is 0. The molecule has 21 heavy (non-hydrogen) atoms. The summed E-state index contributed by atoms with van der Waals surface area (Å²) in [5, 5.41) is 0.733. The molecule has 0 N–H and O–H groups in total. The normalized spacial score (nSPS) is 10.6. The molecule has 2 aromatic carbocycles. The Balaban J connectivity index is 2.36. The van der Waals surface area contributed by atoms with Gasteiger partial charge in [0.25, 0.3) is 0 Å². The molecule has 4 nitrogen and oxygen atoms in total. The first-order valence-electron chi connectivity index (χ1n) is 6.49. The SMILES string of the molecule is COc1ccc2c(OC)c(-c3ccccc3)c(=O)oc2c1. The van der Waals surface area contributed by atoms with Crippen molar-refractivity contribution in [1.29, 1.82) is 0 Å². The van der Waals surface area contributed by atoms with Crippen molar-refractivity contribution < 1.29 is 13.9 Å². The molecule has 106 valence electrons. The smallest absolute Gasteiger partial charge is 0.347 e. The molecule has 0 bridgehead atoms. The van der Waals surface area contributed by atoms with Crippen molar-refractivity contribution in [3.63, 3.8) is 0 Å². The molecule has 3 rings (SSSR count). The molecule has 4 heteroatoms. The van der Waals surface area contributed by atoms with Gasteiger partial charge in [0.1, 0.15) is 22.6 Å². The number of hydrogen-bond donors (Lipinski definition) is 0. The highest BCUT2D eigenvalue weighted by molar-refractivity contribution is 5.91. The quantitative estimate of drug-likeness (QED) is 0.690. The fourth-order valence-corrected chi connectivity index (χ4v) is 2.35. The highest BCUT2D eigenvalue weighted by atomic mass is 16.5. The van der Waals surface area contributed by atoms with Crippen molar-refractivity contribution >= 4 is 11.0 Å². The average molecular weight is 282 g/mol. The zero-order valence-electron chi connectivity index (χ0n) is 11.8. The lowest BCUT2D eigenvalue weighted by atomic mass is 10.0. The van der Waals surface area contributed by atoms with Crippen LogP contribution < -0.4 is 15.1 Å². The number of rotatable bonds is 3. The minimum absolute atomic E-state index is 0.427. The second-order valence-corrected chi connectivity index (χ2v) is 4.53. The van der Waals surface area contributed by atoms with Gasteiger partial charge in [-0.3, -0.25) is 0 Å². The Morgan fingerprint density at radius 1 is 0.952 bits per heavy atom. The zero-order chi connectivity index (χ0) is 14.8. The van der Waals surface area contributed by atoms with E-state index in [1.54, 1.807) is 26.4 Å². The number of ether oxygens (including phenoxy) is 2. The molecule has 1 heterocycles. The fourth-order valence-electron chi connectivity index (χ4n) is 2.35.